The Hall–Kier alpha value is -3.02. The lowest BCUT2D eigenvalue weighted by Crippen LogP contribution is -2.27. The van der Waals surface area contributed by atoms with E-state index in [9.17, 15) is 9.59 Å². The van der Waals surface area contributed by atoms with Crippen molar-refractivity contribution in [3.8, 4) is 11.5 Å². The molecule has 2 aromatic rings. The van der Waals surface area contributed by atoms with Crippen molar-refractivity contribution in [3.63, 3.8) is 0 Å². The fourth-order valence-corrected chi connectivity index (χ4v) is 2.48. The molecule has 1 aliphatic heterocycles. The molecule has 0 atom stereocenters. The maximum absolute atomic E-state index is 12.3. The van der Waals surface area contributed by atoms with Crippen LogP contribution in [0, 0.1) is 0 Å². The van der Waals surface area contributed by atoms with Crippen LogP contribution in [0.1, 0.15) is 26.3 Å². The molecule has 6 nitrogen and oxygen atoms in total. The molecule has 6 heteroatoms. The number of carbonyl (C=O) groups excluding carboxylic acids is 1. The largest absolute Gasteiger partial charge is 0.486 e. The average Bonchev–Trinajstić information content (AvgIpc) is 2.61. The lowest BCUT2D eigenvalue weighted by molar-refractivity contribution is 0.0696. The van der Waals surface area contributed by atoms with Crippen molar-refractivity contribution >= 4 is 11.9 Å². The first-order valence-corrected chi connectivity index (χ1v) is 7.64. The van der Waals surface area contributed by atoms with Crippen LogP contribution in [0.5, 0.6) is 11.5 Å². The molecule has 0 bridgehead atoms. The number of ether oxygens (including phenoxy) is 2. The summed E-state index contributed by atoms with van der Waals surface area (Å²) in [5, 5.41) is 11.7. The lowest BCUT2D eigenvalue weighted by Gasteiger charge is -2.20. The van der Waals surface area contributed by atoms with E-state index in [2.05, 4.69) is 5.32 Å². The number of carboxylic acid groups (broad SMARTS) is 1. The molecule has 1 amide bonds. The van der Waals surface area contributed by atoms with E-state index in [1.165, 1.54) is 0 Å². The Morgan fingerprint density at radius 2 is 1.79 bits per heavy atom. The van der Waals surface area contributed by atoms with Gasteiger partial charge in [-0.1, -0.05) is 18.2 Å². The topological polar surface area (TPSA) is 84.9 Å². The van der Waals surface area contributed by atoms with Crippen molar-refractivity contribution in [1.29, 1.82) is 0 Å². The minimum atomic E-state index is -0.953. The van der Waals surface area contributed by atoms with E-state index in [1.54, 1.807) is 42.5 Å². The summed E-state index contributed by atoms with van der Waals surface area (Å²) in [7, 11) is 0. The summed E-state index contributed by atoms with van der Waals surface area (Å²) < 4.78 is 11.0. The summed E-state index contributed by atoms with van der Waals surface area (Å²) in [6.07, 6.45) is 0.609. The first-order chi connectivity index (χ1) is 11.6. The molecular weight excluding hydrogens is 310 g/mol. The molecule has 2 aromatic carbocycles. The molecule has 0 fully saturated rings. The maximum atomic E-state index is 12.3. The molecule has 0 unspecified atom stereocenters. The van der Waals surface area contributed by atoms with Crippen molar-refractivity contribution in [2.45, 2.75) is 6.42 Å². The minimum Gasteiger partial charge on any atom is -0.486 e. The number of rotatable bonds is 5. The van der Waals surface area contributed by atoms with E-state index in [1.807, 2.05) is 0 Å². The fraction of sp³-hybridized carbons (Fsp3) is 0.222. The summed E-state index contributed by atoms with van der Waals surface area (Å²) in [5.41, 5.74) is 1.65. The van der Waals surface area contributed by atoms with E-state index in [0.29, 0.717) is 43.2 Å². The Kier molecular flexibility index (Phi) is 4.65. The number of hydrogen-bond acceptors (Lipinski definition) is 4. The predicted octanol–water partition coefficient (Wildman–Crippen LogP) is 2.13. The highest BCUT2D eigenvalue weighted by Gasteiger charge is 2.19. The van der Waals surface area contributed by atoms with Crippen LogP contribution in [0.4, 0.5) is 0 Å². The van der Waals surface area contributed by atoms with Gasteiger partial charge in [0.2, 0.25) is 0 Å². The van der Waals surface area contributed by atoms with Crippen LogP contribution in [-0.2, 0) is 6.42 Å². The number of carbonyl (C=O) groups is 2. The van der Waals surface area contributed by atoms with Crippen LogP contribution >= 0.6 is 0 Å². The van der Waals surface area contributed by atoms with Crippen molar-refractivity contribution < 1.29 is 24.2 Å². The van der Waals surface area contributed by atoms with Crippen molar-refractivity contribution in [2.75, 3.05) is 19.8 Å². The van der Waals surface area contributed by atoms with E-state index < -0.39 is 5.97 Å². The molecule has 0 aromatic heterocycles. The molecule has 0 saturated heterocycles. The van der Waals surface area contributed by atoms with Crippen LogP contribution in [0.15, 0.2) is 42.5 Å². The SMILES string of the molecule is O=C(O)c1ccc(CCNC(=O)c2cccc3c2OCCO3)cc1. The Morgan fingerprint density at radius 1 is 1.04 bits per heavy atom. The highest BCUT2D eigenvalue weighted by Crippen LogP contribution is 2.33. The first kappa shape index (κ1) is 15.9. The molecule has 0 saturated carbocycles. The van der Waals surface area contributed by atoms with Crippen LogP contribution in [0.25, 0.3) is 0 Å². The monoisotopic (exact) mass is 327 g/mol. The normalized spacial score (nSPS) is 12.5. The van der Waals surface area contributed by atoms with Gasteiger partial charge in [-0.05, 0) is 36.2 Å². The second kappa shape index (κ2) is 7.04. The highest BCUT2D eigenvalue weighted by molar-refractivity contribution is 5.97. The van der Waals surface area contributed by atoms with E-state index in [4.69, 9.17) is 14.6 Å². The number of hydrogen-bond donors (Lipinski definition) is 2. The van der Waals surface area contributed by atoms with Gasteiger partial charge in [-0.25, -0.2) is 4.79 Å². The summed E-state index contributed by atoms with van der Waals surface area (Å²) in [6.45, 7) is 1.34. The molecule has 2 N–H and O–H groups in total. The number of amides is 1. The van der Waals surface area contributed by atoms with Gasteiger partial charge in [0, 0.05) is 6.54 Å². The van der Waals surface area contributed by atoms with Gasteiger partial charge in [-0.15, -0.1) is 0 Å². The maximum Gasteiger partial charge on any atom is 0.335 e. The standard InChI is InChI=1S/C18H17NO5/c20-17(14-2-1-3-15-16(14)24-11-10-23-15)19-9-8-12-4-6-13(7-5-12)18(21)22/h1-7H,8-11H2,(H,19,20)(H,21,22). The van der Waals surface area contributed by atoms with Gasteiger partial charge < -0.3 is 19.9 Å². The van der Waals surface area contributed by atoms with Crippen LogP contribution in [0.3, 0.4) is 0 Å². The molecule has 0 spiro atoms. The third-order valence-electron chi connectivity index (χ3n) is 3.71. The predicted molar refractivity (Wildman–Crippen MR) is 86.9 cm³/mol. The van der Waals surface area contributed by atoms with Crippen LogP contribution in [-0.4, -0.2) is 36.7 Å². The molecular formula is C18H17NO5. The molecule has 3 rings (SSSR count). The zero-order valence-corrected chi connectivity index (χ0v) is 13.0. The number of benzene rings is 2. The second-order valence-corrected chi connectivity index (χ2v) is 5.34. The van der Waals surface area contributed by atoms with Gasteiger partial charge in [-0.2, -0.15) is 0 Å². The summed E-state index contributed by atoms with van der Waals surface area (Å²) in [6, 6.07) is 11.8. The molecule has 1 heterocycles. The lowest BCUT2D eigenvalue weighted by atomic mass is 10.1. The van der Waals surface area contributed by atoms with Crippen molar-refractivity contribution in [2.24, 2.45) is 0 Å². The second-order valence-electron chi connectivity index (χ2n) is 5.34. The Morgan fingerprint density at radius 3 is 2.54 bits per heavy atom. The van der Waals surface area contributed by atoms with Gasteiger partial charge in [0.15, 0.2) is 11.5 Å². The first-order valence-electron chi connectivity index (χ1n) is 7.64. The zero-order chi connectivity index (χ0) is 16.9. The Bertz CT molecular complexity index is 755. The van der Waals surface area contributed by atoms with Gasteiger partial charge in [0.1, 0.15) is 13.2 Å². The van der Waals surface area contributed by atoms with Gasteiger partial charge >= 0.3 is 5.97 Å². The molecule has 0 aliphatic carbocycles. The minimum absolute atomic E-state index is 0.223. The molecule has 1 aliphatic rings. The summed E-state index contributed by atoms with van der Waals surface area (Å²) in [5.74, 6) is -0.115. The number of fused-ring (bicyclic) bond motifs is 1. The molecule has 124 valence electrons. The number of aromatic carboxylic acids is 1. The Balaban J connectivity index is 1.59. The van der Waals surface area contributed by atoms with Gasteiger partial charge in [-0.3, -0.25) is 4.79 Å². The highest BCUT2D eigenvalue weighted by atomic mass is 16.6. The fourth-order valence-electron chi connectivity index (χ4n) is 2.48. The van der Waals surface area contributed by atoms with E-state index >= 15 is 0 Å². The quantitative estimate of drug-likeness (QED) is 0.879. The summed E-state index contributed by atoms with van der Waals surface area (Å²) in [4.78, 5) is 23.1. The van der Waals surface area contributed by atoms with Crippen molar-refractivity contribution in [1.82, 2.24) is 5.32 Å². The van der Waals surface area contributed by atoms with E-state index in [-0.39, 0.29) is 11.5 Å². The number of para-hydroxylation sites is 1. The van der Waals surface area contributed by atoms with Gasteiger partial charge in [0.25, 0.3) is 5.91 Å². The zero-order valence-electron chi connectivity index (χ0n) is 13.0. The third-order valence-corrected chi connectivity index (χ3v) is 3.71. The smallest absolute Gasteiger partial charge is 0.335 e. The van der Waals surface area contributed by atoms with Crippen LogP contribution < -0.4 is 14.8 Å². The third kappa shape index (κ3) is 3.48. The Labute approximate surface area is 139 Å². The van der Waals surface area contributed by atoms with E-state index in [0.717, 1.165) is 5.56 Å². The summed E-state index contributed by atoms with van der Waals surface area (Å²) >= 11 is 0. The molecule has 0 radical (unpaired) electrons. The van der Waals surface area contributed by atoms with Crippen molar-refractivity contribution in [3.05, 3.63) is 59.2 Å². The number of carboxylic acids is 1. The molecule has 24 heavy (non-hydrogen) atoms. The van der Waals surface area contributed by atoms with Crippen LogP contribution in [0.2, 0.25) is 0 Å². The number of nitrogens with one attached hydrogen (secondary N) is 1. The van der Waals surface area contributed by atoms with Gasteiger partial charge in [0.05, 0.1) is 11.1 Å². The average molecular weight is 327 g/mol.